The van der Waals surface area contributed by atoms with E-state index in [1.807, 2.05) is 36.4 Å². The number of nitrogens with zero attached hydrogens (tertiary/aromatic N) is 2. The van der Waals surface area contributed by atoms with Crippen molar-refractivity contribution in [2.45, 2.75) is 50.3 Å². The van der Waals surface area contributed by atoms with Crippen LogP contribution in [0.3, 0.4) is 0 Å². The summed E-state index contributed by atoms with van der Waals surface area (Å²) in [4.78, 5) is 53.5. The number of ether oxygens (including phenoxy) is 2. The maximum atomic E-state index is 13.4. The van der Waals surface area contributed by atoms with Crippen LogP contribution in [0.2, 0.25) is 0 Å². The first-order valence-electron chi connectivity index (χ1n) is 12.4. The number of aliphatic hydroxyl groups excluding tert-OH is 2. The van der Waals surface area contributed by atoms with E-state index in [1.165, 1.54) is 9.80 Å². The average Bonchev–Trinajstić information content (AvgIpc) is 3.52. The lowest BCUT2D eigenvalue weighted by molar-refractivity contribution is -0.156. The quantitative estimate of drug-likeness (QED) is 0.425. The fourth-order valence-corrected chi connectivity index (χ4v) is 4.64. The zero-order chi connectivity index (χ0) is 27.1. The molecule has 0 bridgehead atoms. The number of rotatable bonds is 8. The molecule has 0 unspecified atom stereocenters. The molecule has 2 aromatic carbocycles. The second-order valence-corrected chi connectivity index (χ2v) is 9.36. The zero-order valence-electron chi connectivity index (χ0n) is 20.8. The van der Waals surface area contributed by atoms with Crippen molar-refractivity contribution in [2.24, 2.45) is 0 Å². The number of carbonyl (C=O) groups excluding carboxylic acids is 4. The van der Waals surface area contributed by atoms with Crippen molar-refractivity contribution in [1.29, 1.82) is 0 Å². The average molecular weight is 526 g/mol. The van der Waals surface area contributed by atoms with Gasteiger partial charge in [0.15, 0.2) is 0 Å². The molecule has 3 amide bonds. The molecule has 38 heavy (non-hydrogen) atoms. The largest absolute Gasteiger partial charge is 0.459 e. The molecule has 2 heterocycles. The van der Waals surface area contributed by atoms with Crippen LogP contribution in [0, 0.1) is 0 Å². The van der Waals surface area contributed by atoms with Gasteiger partial charge in [-0.15, -0.1) is 0 Å². The first kappa shape index (κ1) is 27.1. The maximum absolute atomic E-state index is 13.4. The van der Waals surface area contributed by atoms with E-state index in [0.29, 0.717) is 0 Å². The van der Waals surface area contributed by atoms with Crippen LogP contribution in [0.4, 0.5) is 4.79 Å². The SMILES string of the molecule is O=C(NCC(=O)N1C[C@H](O)C[C@@H]1C(=O)N1C[C@@H](O)C[C@H]1C(=O)OCc1ccccc1)OCc1ccccc1. The lowest BCUT2D eigenvalue weighted by Crippen LogP contribution is -2.52. The van der Waals surface area contributed by atoms with Crippen LogP contribution in [0.1, 0.15) is 24.0 Å². The molecule has 0 aliphatic carbocycles. The zero-order valence-corrected chi connectivity index (χ0v) is 20.8. The third-order valence-corrected chi connectivity index (χ3v) is 6.54. The number of amides is 3. The van der Waals surface area contributed by atoms with Crippen molar-refractivity contribution >= 4 is 23.9 Å². The molecule has 2 saturated heterocycles. The van der Waals surface area contributed by atoms with Gasteiger partial charge in [-0.05, 0) is 11.1 Å². The topological polar surface area (TPSA) is 146 Å². The first-order valence-corrected chi connectivity index (χ1v) is 12.4. The van der Waals surface area contributed by atoms with Gasteiger partial charge in [0.25, 0.3) is 0 Å². The Hall–Kier alpha value is -3.96. The predicted octanol–water partition coefficient (Wildman–Crippen LogP) is 0.580. The van der Waals surface area contributed by atoms with Gasteiger partial charge in [-0.2, -0.15) is 0 Å². The lowest BCUT2D eigenvalue weighted by atomic mass is 10.1. The smallest absolute Gasteiger partial charge is 0.407 e. The van der Waals surface area contributed by atoms with Gasteiger partial charge in [-0.1, -0.05) is 60.7 Å². The fraction of sp³-hybridized carbons (Fsp3) is 0.407. The molecule has 11 heteroatoms. The Morgan fingerprint density at radius 2 is 1.29 bits per heavy atom. The monoisotopic (exact) mass is 525 g/mol. The summed E-state index contributed by atoms with van der Waals surface area (Å²) in [5.41, 5.74) is 1.56. The van der Waals surface area contributed by atoms with Gasteiger partial charge in [-0.3, -0.25) is 9.59 Å². The number of esters is 1. The summed E-state index contributed by atoms with van der Waals surface area (Å²) in [6.45, 7) is -0.579. The molecule has 4 rings (SSSR count). The van der Waals surface area contributed by atoms with Gasteiger partial charge in [0.1, 0.15) is 31.8 Å². The van der Waals surface area contributed by atoms with E-state index in [2.05, 4.69) is 5.32 Å². The highest BCUT2D eigenvalue weighted by atomic mass is 16.5. The minimum Gasteiger partial charge on any atom is -0.459 e. The Bertz CT molecular complexity index is 1130. The van der Waals surface area contributed by atoms with E-state index < -0.39 is 54.7 Å². The van der Waals surface area contributed by atoms with Crippen LogP contribution in [0.25, 0.3) is 0 Å². The number of alkyl carbamates (subject to hydrolysis) is 1. The van der Waals surface area contributed by atoms with E-state index >= 15 is 0 Å². The minimum atomic E-state index is -1.05. The molecule has 0 aromatic heterocycles. The van der Waals surface area contributed by atoms with E-state index in [4.69, 9.17) is 9.47 Å². The molecule has 11 nitrogen and oxygen atoms in total. The molecule has 0 spiro atoms. The summed E-state index contributed by atoms with van der Waals surface area (Å²) in [5.74, 6) is -1.81. The van der Waals surface area contributed by atoms with Crippen molar-refractivity contribution in [2.75, 3.05) is 19.6 Å². The van der Waals surface area contributed by atoms with Crippen molar-refractivity contribution in [3.63, 3.8) is 0 Å². The van der Waals surface area contributed by atoms with Gasteiger partial charge in [0.05, 0.1) is 12.2 Å². The summed E-state index contributed by atoms with van der Waals surface area (Å²) < 4.78 is 10.5. The Labute approximate surface area is 219 Å². The van der Waals surface area contributed by atoms with Crippen LogP contribution in [0.15, 0.2) is 60.7 Å². The summed E-state index contributed by atoms with van der Waals surface area (Å²) in [5, 5.41) is 22.8. The Morgan fingerprint density at radius 1 is 0.763 bits per heavy atom. The van der Waals surface area contributed by atoms with Crippen molar-refractivity contribution < 1.29 is 38.9 Å². The van der Waals surface area contributed by atoms with Crippen LogP contribution in [0.5, 0.6) is 0 Å². The number of β-amino-alcohol motifs (C(OH)–C–C–N with tert-alkyl or cyclic N) is 2. The molecule has 0 saturated carbocycles. The highest BCUT2D eigenvalue weighted by molar-refractivity contribution is 5.93. The summed E-state index contributed by atoms with van der Waals surface area (Å²) in [7, 11) is 0. The van der Waals surface area contributed by atoms with Crippen LogP contribution in [-0.4, -0.2) is 87.8 Å². The molecular weight excluding hydrogens is 494 g/mol. The Kier molecular flexibility index (Phi) is 8.93. The predicted molar refractivity (Wildman–Crippen MR) is 133 cm³/mol. The van der Waals surface area contributed by atoms with Crippen molar-refractivity contribution in [3.05, 3.63) is 71.8 Å². The van der Waals surface area contributed by atoms with Gasteiger partial charge >= 0.3 is 12.1 Å². The Morgan fingerprint density at radius 3 is 1.89 bits per heavy atom. The molecule has 2 fully saturated rings. The van der Waals surface area contributed by atoms with E-state index in [9.17, 15) is 29.4 Å². The highest BCUT2D eigenvalue weighted by Gasteiger charge is 2.47. The molecule has 3 N–H and O–H groups in total. The summed E-state index contributed by atoms with van der Waals surface area (Å²) >= 11 is 0. The molecular formula is C27H31N3O8. The number of hydrogen-bond acceptors (Lipinski definition) is 8. The van der Waals surface area contributed by atoms with Gasteiger partial charge < -0.3 is 34.8 Å². The Balaban J connectivity index is 1.33. The lowest BCUT2D eigenvalue weighted by Gasteiger charge is -2.30. The number of nitrogens with one attached hydrogen (secondary N) is 1. The third kappa shape index (κ3) is 6.87. The second kappa shape index (κ2) is 12.5. The van der Waals surface area contributed by atoms with Crippen molar-refractivity contribution in [1.82, 2.24) is 15.1 Å². The molecule has 2 aromatic rings. The fourth-order valence-electron chi connectivity index (χ4n) is 4.64. The highest BCUT2D eigenvalue weighted by Crippen LogP contribution is 2.26. The number of likely N-dealkylation sites (tertiary alicyclic amines) is 2. The van der Waals surface area contributed by atoms with E-state index in [0.717, 1.165) is 11.1 Å². The second-order valence-electron chi connectivity index (χ2n) is 9.36. The number of carbonyl (C=O) groups is 4. The van der Waals surface area contributed by atoms with Gasteiger partial charge in [0, 0.05) is 25.9 Å². The number of aliphatic hydroxyl groups is 2. The maximum Gasteiger partial charge on any atom is 0.407 e. The number of benzene rings is 2. The third-order valence-electron chi connectivity index (χ3n) is 6.54. The normalized spacial score (nSPS) is 22.7. The summed E-state index contributed by atoms with van der Waals surface area (Å²) in [6.07, 6.45) is -2.69. The van der Waals surface area contributed by atoms with Crippen molar-refractivity contribution in [3.8, 4) is 0 Å². The van der Waals surface area contributed by atoms with E-state index in [1.54, 1.807) is 24.3 Å². The molecule has 2 aliphatic rings. The number of hydrogen-bond donors (Lipinski definition) is 3. The van der Waals surface area contributed by atoms with Crippen LogP contribution < -0.4 is 5.32 Å². The van der Waals surface area contributed by atoms with Crippen LogP contribution >= 0.6 is 0 Å². The molecule has 2 aliphatic heterocycles. The standard InChI is InChI=1S/C27H31N3O8/c31-20-11-22(29(14-20)24(33)13-28-27(36)38-17-19-9-5-2-6-10-19)25(34)30-15-21(32)12-23(30)26(35)37-16-18-7-3-1-4-8-18/h1-10,20-23,31-32H,11-17H2,(H,28,36)/t20-,21+,22-,23+/m1/s1. The molecule has 4 atom stereocenters. The minimum absolute atomic E-state index is 0.0113. The van der Waals surface area contributed by atoms with Crippen LogP contribution in [-0.2, 0) is 37.1 Å². The van der Waals surface area contributed by atoms with E-state index in [-0.39, 0.29) is 39.1 Å². The summed E-state index contributed by atoms with van der Waals surface area (Å²) in [6, 6.07) is 16.0. The van der Waals surface area contributed by atoms with Gasteiger partial charge in [0.2, 0.25) is 11.8 Å². The van der Waals surface area contributed by atoms with Gasteiger partial charge in [-0.25, -0.2) is 9.59 Å². The molecule has 0 radical (unpaired) electrons. The molecule has 202 valence electrons. The first-order chi connectivity index (χ1) is 18.3.